The Labute approximate surface area is 198 Å². The topological polar surface area (TPSA) is 110 Å². The van der Waals surface area contributed by atoms with E-state index in [1.165, 1.54) is 17.5 Å². The van der Waals surface area contributed by atoms with Crippen LogP contribution >= 0.6 is 0 Å². The molecule has 34 heavy (non-hydrogen) atoms. The highest BCUT2D eigenvalue weighted by Gasteiger charge is 2.37. The summed E-state index contributed by atoms with van der Waals surface area (Å²) in [6, 6.07) is 5.73. The third-order valence-electron chi connectivity index (χ3n) is 7.79. The number of benzene rings is 1. The van der Waals surface area contributed by atoms with Crippen molar-refractivity contribution < 1.29 is 24.3 Å². The molecule has 0 unspecified atom stereocenters. The van der Waals surface area contributed by atoms with Crippen LogP contribution in [0.1, 0.15) is 65.8 Å². The Bertz CT molecular complexity index is 1120. The van der Waals surface area contributed by atoms with Crippen molar-refractivity contribution in [1.82, 2.24) is 14.7 Å². The molecule has 8 heteroatoms. The van der Waals surface area contributed by atoms with Crippen LogP contribution in [0.3, 0.4) is 0 Å². The number of aromatic nitrogens is 2. The number of hydrogen-bond donors (Lipinski definition) is 1. The van der Waals surface area contributed by atoms with E-state index in [-0.39, 0.29) is 35.8 Å². The molecule has 0 spiro atoms. The number of fused-ring (bicyclic) bond motifs is 4. The number of carbonyl (C=O) groups is 4. The van der Waals surface area contributed by atoms with Crippen LogP contribution in [0.4, 0.5) is 0 Å². The lowest BCUT2D eigenvalue weighted by molar-refractivity contribution is -0.123. The summed E-state index contributed by atoms with van der Waals surface area (Å²) in [5.41, 5.74) is 2.04. The molecule has 1 aromatic carbocycles. The Morgan fingerprint density at radius 1 is 1.03 bits per heavy atom. The number of rotatable bonds is 7. The zero-order valence-electron chi connectivity index (χ0n) is 19.3. The summed E-state index contributed by atoms with van der Waals surface area (Å²) in [6.07, 6.45) is 7.05. The molecular formula is C26H31N3O5. The first-order valence-electron chi connectivity index (χ1n) is 12.4. The van der Waals surface area contributed by atoms with E-state index in [0.717, 1.165) is 56.3 Å². The number of hydrogen-bond acceptors (Lipinski definition) is 6. The molecule has 2 saturated carbocycles. The molecule has 1 aromatic heterocycles. The molecule has 180 valence electrons. The average Bonchev–Trinajstić information content (AvgIpc) is 3.75. The summed E-state index contributed by atoms with van der Waals surface area (Å²) in [5.74, 6) is 1.57. The van der Waals surface area contributed by atoms with Gasteiger partial charge in [0.2, 0.25) is 0 Å². The lowest BCUT2D eigenvalue weighted by Crippen LogP contribution is -2.47. The normalized spacial score (nSPS) is 25.5. The molecule has 1 atom stereocenters. The van der Waals surface area contributed by atoms with Crippen molar-refractivity contribution in [1.29, 1.82) is 0 Å². The van der Waals surface area contributed by atoms with Crippen molar-refractivity contribution in [3.8, 4) is 0 Å². The van der Waals surface area contributed by atoms with Crippen molar-refractivity contribution in [2.24, 2.45) is 23.7 Å². The van der Waals surface area contributed by atoms with E-state index in [2.05, 4.69) is 10.00 Å². The maximum Gasteiger partial charge on any atom is 0.290 e. The van der Waals surface area contributed by atoms with Gasteiger partial charge in [0.05, 0.1) is 5.52 Å². The molecule has 2 aromatic rings. The van der Waals surface area contributed by atoms with Gasteiger partial charge in [0.25, 0.3) is 12.4 Å². The number of carbonyl (C=O) groups excluding carboxylic acids is 3. The van der Waals surface area contributed by atoms with E-state index in [1.807, 2.05) is 18.2 Å². The predicted octanol–water partition coefficient (Wildman–Crippen LogP) is 3.22. The van der Waals surface area contributed by atoms with E-state index in [0.29, 0.717) is 35.9 Å². The van der Waals surface area contributed by atoms with Gasteiger partial charge < -0.3 is 10.0 Å². The first-order chi connectivity index (χ1) is 16.5. The monoisotopic (exact) mass is 465 g/mol. The third kappa shape index (κ3) is 4.69. The predicted molar refractivity (Wildman–Crippen MR) is 125 cm³/mol. The molecule has 7 rings (SSSR count). The summed E-state index contributed by atoms with van der Waals surface area (Å²) in [6.45, 7) is 3.06. The minimum absolute atomic E-state index is 0.00584. The van der Waals surface area contributed by atoms with Crippen LogP contribution in [0.5, 0.6) is 0 Å². The van der Waals surface area contributed by atoms with Crippen LogP contribution in [0.25, 0.3) is 10.9 Å². The maximum atomic E-state index is 13.4. The Hall–Kier alpha value is -2.87. The Morgan fingerprint density at radius 3 is 2.29 bits per heavy atom. The van der Waals surface area contributed by atoms with E-state index in [9.17, 15) is 14.4 Å². The molecule has 8 nitrogen and oxygen atoms in total. The van der Waals surface area contributed by atoms with Gasteiger partial charge in [-0.3, -0.25) is 19.2 Å². The zero-order valence-corrected chi connectivity index (χ0v) is 19.3. The summed E-state index contributed by atoms with van der Waals surface area (Å²) in [7, 11) is 0. The third-order valence-corrected chi connectivity index (χ3v) is 7.79. The molecular weight excluding hydrogens is 434 g/mol. The van der Waals surface area contributed by atoms with Gasteiger partial charge in [-0.25, -0.2) is 0 Å². The highest BCUT2D eigenvalue weighted by Crippen LogP contribution is 2.37. The minimum Gasteiger partial charge on any atom is -0.483 e. The van der Waals surface area contributed by atoms with E-state index in [1.54, 1.807) is 0 Å². The van der Waals surface area contributed by atoms with Crippen molar-refractivity contribution in [3.63, 3.8) is 0 Å². The highest BCUT2D eigenvalue weighted by molar-refractivity contribution is 6.08. The molecule has 2 bridgehead atoms. The van der Waals surface area contributed by atoms with E-state index < -0.39 is 0 Å². The zero-order chi connectivity index (χ0) is 23.8. The largest absolute Gasteiger partial charge is 0.483 e. The molecule has 3 aliphatic heterocycles. The number of Topliss-reactive ketones (excluding diaryl/α,β-unsaturated/α-hetero) is 2. The number of piperidine rings is 3. The Balaban J connectivity index is 0.000000764. The molecule has 5 fully saturated rings. The van der Waals surface area contributed by atoms with Crippen molar-refractivity contribution in [3.05, 3.63) is 29.5 Å². The number of nitrogens with zero attached hydrogens (tertiary/aromatic N) is 3. The van der Waals surface area contributed by atoms with E-state index >= 15 is 0 Å². The van der Waals surface area contributed by atoms with Crippen LogP contribution < -0.4 is 0 Å². The van der Waals surface area contributed by atoms with Gasteiger partial charge in [-0.05, 0) is 81.1 Å². The molecule has 0 radical (unpaired) electrons. The summed E-state index contributed by atoms with van der Waals surface area (Å²) < 4.78 is 1.46. The summed E-state index contributed by atoms with van der Waals surface area (Å²) >= 11 is 0. The van der Waals surface area contributed by atoms with Crippen LogP contribution in [0, 0.1) is 23.7 Å². The number of carboxylic acid groups (broad SMARTS) is 1. The van der Waals surface area contributed by atoms with Crippen LogP contribution in [0.15, 0.2) is 18.2 Å². The fourth-order valence-electron chi connectivity index (χ4n) is 5.56. The summed E-state index contributed by atoms with van der Waals surface area (Å²) in [4.78, 5) is 49.4. The quantitative estimate of drug-likeness (QED) is 0.494. The number of ketones is 2. The van der Waals surface area contributed by atoms with Crippen molar-refractivity contribution >= 4 is 34.8 Å². The molecule has 1 N–H and O–H groups in total. The molecule has 0 amide bonds. The fraction of sp³-hybridized carbons (Fsp3) is 0.577. The Kier molecular flexibility index (Phi) is 6.34. The first-order valence-corrected chi connectivity index (χ1v) is 12.4. The molecule has 5 aliphatic rings. The second-order valence-corrected chi connectivity index (χ2v) is 10.3. The van der Waals surface area contributed by atoms with Crippen molar-refractivity contribution in [2.75, 3.05) is 19.6 Å². The summed E-state index contributed by atoms with van der Waals surface area (Å²) in [5, 5.41) is 12.2. The Morgan fingerprint density at radius 2 is 1.71 bits per heavy atom. The molecule has 2 aliphatic carbocycles. The second-order valence-electron chi connectivity index (χ2n) is 10.3. The van der Waals surface area contributed by atoms with Crippen LogP contribution in [0.2, 0.25) is 0 Å². The SMILES string of the molecule is O=C(C[C@@H]1CN2CCC1CC2)c1nn(C(=O)C2CC2)c2ccc(CC(=O)C3CC3)cc12.O=CO. The standard InChI is InChI=1S/C25H29N3O3.CH2O2/c29-22(17-2-3-17)12-15-1-6-21-20(11-15)24(26-28(21)25(31)18-4-5-18)23(30)13-19-14-27-9-7-16(19)8-10-27;2-1-3/h1,6,11,16-19H,2-5,7-10,12-14H2;1H,(H,2,3)/t19-;/m1./s1. The lowest BCUT2D eigenvalue weighted by Gasteiger charge is -2.44. The van der Waals surface area contributed by atoms with E-state index in [4.69, 9.17) is 9.90 Å². The van der Waals surface area contributed by atoms with Gasteiger partial charge >= 0.3 is 0 Å². The van der Waals surface area contributed by atoms with Crippen LogP contribution in [-0.4, -0.2) is 63.4 Å². The van der Waals surface area contributed by atoms with Crippen molar-refractivity contribution in [2.45, 2.75) is 51.4 Å². The van der Waals surface area contributed by atoms with Gasteiger partial charge in [-0.15, -0.1) is 0 Å². The van der Waals surface area contributed by atoms with Crippen LogP contribution in [-0.2, 0) is 16.0 Å². The van der Waals surface area contributed by atoms with Gasteiger partial charge in [0.15, 0.2) is 5.78 Å². The first kappa shape index (κ1) is 22.9. The van der Waals surface area contributed by atoms with Gasteiger partial charge in [0, 0.05) is 36.6 Å². The minimum atomic E-state index is -0.250. The van der Waals surface area contributed by atoms with Gasteiger partial charge in [0.1, 0.15) is 11.5 Å². The van der Waals surface area contributed by atoms with Gasteiger partial charge in [-0.1, -0.05) is 6.07 Å². The average molecular weight is 466 g/mol. The smallest absolute Gasteiger partial charge is 0.290 e. The fourth-order valence-corrected chi connectivity index (χ4v) is 5.56. The maximum absolute atomic E-state index is 13.4. The highest BCUT2D eigenvalue weighted by atomic mass is 16.3. The molecule has 3 saturated heterocycles. The lowest BCUT2D eigenvalue weighted by atomic mass is 9.76. The second kappa shape index (κ2) is 9.41. The van der Waals surface area contributed by atoms with Gasteiger partial charge in [-0.2, -0.15) is 9.78 Å². The molecule has 4 heterocycles.